The summed E-state index contributed by atoms with van der Waals surface area (Å²) in [6.07, 6.45) is 4.02. The summed E-state index contributed by atoms with van der Waals surface area (Å²) in [5, 5.41) is 0.202. The number of rotatable bonds is 5. The van der Waals surface area contributed by atoms with Gasteiger partial charge in [0, 0.05) is 11.8 Å². The SMILES string of the molecule is CC(C)(C)[Si](C)(C)O[C@H]1CCc2c(-c3cccnc3Oc3ccccc3)cccc21. The number of fused-ring (bicyclic) bond motifs is 1. The zero-order valence-corrected chi connectivity index (χ0v) is 19.6. The molecule has 0 amide bonds. The Morgan fingerprint density at radius 3 is 2.37 bits per heavy atom. The van der Waals surface area contributed by atoms with E-state index in [-0.39, 0.29) is 11.1 Å². The van der Waals surface area contributed by atoms with E-state index in [4.69, 9.17) is 9.16 Å². The normalized spacial score (nSPS) is 16.4. The Hall–Kier alpha value is -2.43. The molecule has 1 aliphatic carbocycles. The van der Waals surface area contributed by atoms with E-state index in [2.05, 4.69) is 63.1 Å². The van der Waals surface area contributed by atoms with Crippen molar-refractivity contribution in [2.24, 2.45) is 0 Å². The van der Waals surface area contributed by atoms with Crippen molar-refractivity contribution >= 4 is 8.32 Å². The molecule has 3 nitrogen and oxygen atoms in total. The predicted molar refractivity (Wildman–Crippen MR) is 126 cm³/mol. The molecular weight excluding hydrogens is 386 g/mol. The molecule has 4 heteroatoms. The van der Waals surface area contributed by atoms with Crippen LogP contribution < -0.4 is 4.74 Å². The number of pyridine rings is 1. The monoisotopic (exact) mass is 417 g/mol. The van der Waals surface area contributed by atoms with Gasteiger partial charge in [-0.2, -0.15) is 0 Å². The zero-order chi connectivity index (χ0) is 21.4. The minimum Gasteiger partial charge on any atom is -0.438 e. The van der Waals surface area contributed by atoms with Gasteiger partial charge in [0.2, 0.25) is 5.88 Å². The van der Waals surface area contributed by atoms with E-state index in [9.17, 15) is 0 Å². The van der Waals surface area contributed by atoms with E-state index in [1.54, 1.807) is 6.20 Å². The van der Waals surface area contributed by atoms with Crippen molar-refractivity contribution in [1.29, 1.82) is 0 Å². The molecule has 1 heterocycles. The first kappa shape index (κ1) is 20.8. The molecular formula is C26H31NO2Si. The van der Waals surface area contributed by atoms with Gasteiger partial charge in [0.1, 0.15) is 5.75 Å². The van der Waals surface area contributed by atoms with E-state index in [0.29, 0.717) is 5.88 Å². The fourth-order valence-corrected chi connectivity index (χ4v) is 5.11. The van der Waals surface area contributed by atoms with Crippen molar-refractivity contribution in [1.82, 2.24) is 4.98 Å². The van der Waals surface area contributed by atoms with Gasteiger partial charge in [-0.05, 0) is 71.9 Å². The van der Waals surface area contributed by atoms with E-state index in [1.165, 1.54) is 16.7 Å². The number of ether oxygens (including phenoxy) is 1. The maximum absolute atomic E-state index is 6.80. The van der Waals surface area contributed by atoms with Crippen LogP contribution in [-0.4, -0.2) is 13.3 Å². The van der Waals surface area contributed by atoms with Crippen LogP contribution in [0.2, 0.25) is 18.1 Å². The van der Waals surface area contributed by atoms with E-state index in [0.717, 1.165) is 24.2 Å². The first-order chi connectivity index (χ1) is 14.3. The molecule has 30 heavy (non-hydrogen) atoms. The first-order valence-corrected chi connectivity index (χ1v) is 13.6. The second-order valence-corrected chi connectivity index (χ2v) is 14.3. The minimum atomic E-state index is -1.83. The van der Waals surface area contributed by atoms with Gasteiger partial charge in [-0.1, -0.05) is 57.2 Å². The summed E-state index contributed by atoms with van der Waals surface area (Å²) in [6, 6.07) is 20.5. The van der Waals surface area contributed by atoms with Crippen LogP contribution in [-0.2, 0) is 10.8 Å². The lowest BCUT2D eigenvalue weighted by molar-refractivity contribution is 0.185. The standard InChI is InChI=1S/C26H31NO2Si/c1-26(2,3)30(4,5)29-24-17-16-21-20(13-9-14-22(21)24)23-15-10-18-27-25(23)28-19-11-7-6-8-12-19/h6-15,18,24H,16-17H2,1-5H3/t24-/m0/s1. The van der Waals surface area contributed by atoms with Crippen molar-refractivity contribution in [3.8, 4) is 22.8 Å². The Labute approximate surface area is 181 Å². The fourth-order valence-electron chi connectivity index (χ4n) is 3.80. The molecule has 0 bridgehead atoms. The molecule has 1 aromatic heterocycles. The van der Waals surface area contributed by atoms with Crippen LogP contribution in [0.25, 0.3) is 11.1 Å². The highest BCUT2D eigenvalue weighted by atomic mass is 28.4. The van der Waals surface area contributed by atoms with Crippen molar-refractivity contribution in [2.75, 3.05) is 0 Å². The smallest absolute Gasteiger partial charge is 0.227 e. The third kappa shape index (κ3) is 4.07. The minimum absolute atomic E-state index is 0.177. The second-order valence-electron chi connectivity index (χ2n) is 9.55. The van der Waals surface area contributed by atoms with Crippen LogP contribution in [0.1, 0.15) is 44.4 Å². The lowest BCUT2D eigenvalue weighted by Gasteiger charge is -2.38. The summed E-state index contributed by atoms with van der Waals surface area (Å²) in [5.74, 6) is 1.44. The van der Waals surface area contributed by atoms with Gasteiger partial charge in [0.05, 0.1) is 6.10 Å². The number of nitrogens with zero attached hydrogens (tertiary/aromatic N) is 1. The lowest BCUT2D eigenvalue weighted by atomic mass is 9.97. The molecule has 0 saturated carbocycles. The molecule has 0 radical (unpaired) electrons. The van der Waals surface area contributed by atoms with Crippen LogP contribution in [0.5, 0.6) is 11.6 Å². The quantitative estimate of drug-likeness (QED) is 0.402. The maximum Gasteiger partial charge on any atom is 0.227 e. The topological polar surface area (TPSA) is 31.4 Å². The van der Waals surface area contributed by atoms with Gasteiger partial charge >= 0.3 is 0 Å². The average molecular weight is 418 g/mol. The first-order valence-electron chi connectivity index (χ1n) is 10.7. The highest BCUT2D eigenvalue weighted by Gasteiger charge is 2.41. The number of hydrogen-bond donors (Lipinski definition) is 0. The highest BCUT2D eigenvalue weighted by molar-refractivity contribution is 6.74. The highest BCUT2D eigenvalue weighted by Crippen LogP contribution is 2.46. The summed E-state index contributed by atoms with van der Waals surface area (Å²) in [6.45, 7) is 11.6. The summed E-state index contributed by atoms with van der Waals surface area (Å²) in [7, 11) is -1.83. The van der Waals surface area contributed by atoms with Crippen LogP contribution in [0.15, 0.2) is 66.9 Å². The van der Waals surface area contributed by atoms with Crippen molar-refractivity contribution in [3.05, 3.63) is 78.0 Å². The summed E-state index contributed by atoms with van der Waals surface area (Å²) >= 11 is 0. The van der Waals surface area contributed by atoms with Gasteiger partial charge in [0.25, 0.3) is 0 Å². The molecule has 0 saturated heterocycles. The number of aromatic nitrogens is 1. The molecule has 4 rings (SSSR count). The van der Waals surface area contributed by atoms with Crippen molar-refractivity contribution < 1.29 is 9.16 Å². The van der Waals surface area contributed by atoms with Gasteiger partial charge in [-0.25, -0.2) is 4.98 Å². The number of benzene rings is 2. The number of para-hydroxylation sites is 1. The molecule has 0 spiro atoms. The van der Waals surface area contributed by atoms with Gasteiger partial charge in [-0.3, -0.25) is 0 Å². The Morgan fingerprint density at radius 2 is 1.63 bits per heavy atom. The second kappa shape index (κ2) is 8.01. The Bertz CT molecular complexity index is 1020. The molecule has 3 aromatic rings. The van der Waals surface area contributed by atoms with Crippen LogP contribution in [0.4, 0.5) is 0 Å². The molecule has 1 atom stereocenters. The predicted octanol–water partition coefficient (Wildman–Crippen LogP) is 7.55. The largest absolute Gasteiger partial charge is 0.438 e. The third-order valence-corrected chi connectivity index (χ3v) is 11.0. The van der Waals surface area contributed by atoms with Crippen LogP contribution >= 0.6 is 0 Å². The fraction of sp³-hybridized carbons (Fsp3) is 0.346. The average Bonchev–Trinajstić information content (AvgIpc) is 3.11. The Kier molecular flexibility index (Phi) is 5.56. The Balaban J connectivity index is 1.68. The zero-order valence-electron chi connectivity index (χ0n) is 18.6. The van der Waals surface area contributed by atoms with Gasteiger partial charge in [-0.15, -0.1) is 0 Å². The van der Waals surface area contributed by atoms with Crippen LogP contribution in [0.3, 0.4) is 0 Å². The summed E-state index contributed by atoms with van der Waals surface area (Å²) in [5.41, 5.74) is 4.93. The lowest BCUT2D eigenvalue weighted by Crippen LogP contribution is -2.41. The van der Waals surface area contributed by atoms with E-state index < -0.39 is 8.32 Å². The van der Waals surface area contributed by atoms with Crippen molar-refractivity contribution in [2.45, 2.75) is 57.8 Å². The molecule has 0 N–H and O–H groups in total. The molecule has 156 valence electrons. The molecule has 1 aliphatic rings. The van der Waals surface area contributed by atoms with E-state index >= 15 is 0 Å². The number of hydrogen-bond acceptors (Lipinski definition) is 3. The van der Waals surface area contributed by atoms with E-state index in [1.807, 2.05) is 36.4 Å². The summed E-state index contributed by atoms with van der Waals surface area (Å²) < 4.78 is 12.9. The molecule has 0 unspecified atom stereocenters. The van der Waals surface area contributed by atoms with Gasteiger partial charge < -0.3 is 9.16 Å². The maximum atomic E-state index is 6.80. The summed E-state index contributed by atoms with van der Waals surface area (Å²) in [4.78, 5) is 4.54. The van der Waals surface area contributed by atoms with Crippen LogP contribution in [0, 0.1) is 0 Å². The molecule has 0 aliphatic heterocycles. The molecule has 0 fully saturated rings. The Morgan fingerprint density at radius 1 is 0.900 bits per heavy atom. The van der Waals surface area contributed by atoms with Gasteiger partial charge in [0.15, 0.2) is 8.32 Å². The van der Waals surface area contributed by atoms with Crippen molar-refractivity contribution in [3.63, 3.8) is 0 Å². The molecule has 2 aromatic carbocycles. The third-order valence-electron chi connectivity index (χ3n) is 6.48.